The van der Waals surface area contributed by atoms with E-state index in [4.69, 9.17) is 6.42 Å². The van der Waals surface area contributed by atoms with E-state index in [2.05, 4.69) is 32.0 Å². The van der Waals surface area contributed by atoms with Crippen LogP contribution < -0.4 is 5.32 Å². The lowest BCUT2D eigenvalue weighted by atomic mass is 9.77. The van der Waals surface area contributed by atoms with Gasteiger partial charge in [-0.2, -0.15) is 0 Å². The molecule has 0 radical (unpaired) electrons. The van der Waals surface area contributed by atoms with Crippen molar-refractivity contribution in [3.05, 3.63) is 0 Å². The van der Waals surface area contributed by atoms with Gasteiger partial charge in [-0.3, -0.25) is 0 Å². The van der Waals surface area contributed by atoms with E-state index in [1.165, 1.54) is 19.3 Å². The Morgan fingerprint density at radius 1 is 1.57 bits per heavy atom. The molecule has 80 valence electrons. The molecular weight excluding hydrogens is 170 g/mol. The lowest BCUT2D eigenvalue weighted by Gasteiger charge is -2.31. The van der Waals surface area contributed by atoms with Crippen molar-refractivity contribution in [2.45, 2.75) is 52.5 Å². The van der Waals surface area contributed by atoms with Gasteiger partial charge in [0.05, 0.1) is 6.04 Å². The van der Waals surface area contributed by atoms with Crippen molar-refractivity contribution in [1.82, 2.24) is 5.32 Å². The largest absolute Gasteiger partial charge is 0.303 e. The highest BCUT2D eigenvalue weighted by atomic mass is 14.9. The molecule has 0 aromatic rings. The van der Waals surface area contributed by atoms with E-state index in [0.717, 1.165) is 13.0 Å². The predicted molar refractivity (Wildman–Crippen MR) is 62.0 cm³/mol. The van der Waals surface area contributed by atoms with Crippen molar-refractivity contribution in [1.29, 1.82) is 0 Å². The van der Waals surface area contributed by atoms with Gasteiger partial charge in [-0.05, 0) is 37.1 Å². The Morgan fingerprint density at radius 2 is 2.29 bits per heavy atom. The van der Waals surface area contributed by atoms with E-state index in [-0.39, 0.29) is 6.04 Å². The molecule has 0 bridgehead atoms. The summed E-state index contributed by atoms with van der Waals surface area (Å²) in [6, 6.07) is 0.285. The SMILES string of the molecule is C#CC(NCCC)C1CCCC1(C)C. The molecule has 0 amide bonds. The van der Waals surface area contributed by atoms with Crippen molar-refractivity contribution in [3.8, 4) is 12.3 Å². The molecule has 0 spiro atoms. The number of terminal acetylenes is 1. The summed E-state index contributed by atoms with van der Waals surface area (Å²) in [4.78, 5) is 0. The third kappa shape index (κ3) is 2.51. The van der Waals surface area contributed by atoms with Gasteiger partial charge in [-0.1, -0.05) is 33.1 Å². The first-order valence-corrected chi connectivity index (χ1v) is 5.81. The molecule has 1 fully saturated rings. The molecule has 1 saturated carbocycles. The second-order valence-electron chi connectivity index (χ2n) is 5.09. The van der Waals surface area contributed by atoms with Crippen LogP contribution in [0.1, 0.15) is 46.5 Å². The highest BCUT2D eigenvalue weighted by molar-refractivity contribution is 5.07. The van der Waals surface area contributed by atoms with Crippen LogP contribution in [0.5, 0.6) is 0 Å². The molecule has 1 aliphatic rings. The fourth-order valence-electron chi connectivity index (χ4n) is 2.59. The summed E-state index contributed by atoms with van der Waals surface area (Å²) in [5.41, 5.74) is 0.428. The molecule has 0 saturated heterocycles. The second kappa shape index (κ2) is 4.84. The standard InChI is InChI=1S/C13H23N/c1-5-10-14-12(6-2)11-8-7-9-13(11,3)4/h2,11-12,14H,5,7-10H2,1,3-4H3. The third-order valence-corrected chi connectivity index (χ3v) is 3.54. The van der Waals surface area contributed by atoms with Crippen molar-refractivity contribution in [2.75, 3.05) is 6.54 Å². The lowest BCUT2D eigenvalue weighted by Crippen LogP contribution is -2.40. The number of hydrogen-bond donors (Lipinski definition) is 1. The summed E-state index contributed by atoms with van der Waals surface area (Å²) in [6.45, 7) is 7.92. The molecular formula is C13H23N. The van der Waals surface area contributed by atoms with Gasteiger partial charge in [0.25, 0.3) is 0 Å². The zero-order chi connectivity index (χ0) is 10.6. The topological polar surface area (TPSA) is 12.0 Å². The molecule has 0 aromatic carbocycles. The van der Waals surface area contributed by atoms with Gasteiger partial charge in [0, 0.05) is 0 Å². The second-order valence-corrected chi connectivity index (χ2v) is 5.09. The summed E-state index contributed by atoms with van der Waals surface area (Å²) < 4.78 is 0. The van der Waals surface area contributed by atoms with Crippen LogP contribution in [0.2, 0.25) is 0 Å². The average Bonchev–Trinajstić information content (AvgIpc) is 2.48. The van der Waals surface area contributed by atoms with Crippen molar-refractivity contribution < 1.29 is 0 Å². The van der Waals surface area contributed by atoms with E-state index in [9.17, 15) is 0 Å². The molecule has 0 aliphatic heterocycles. The van der Waals surface area contributed by atoms with Gasteiger partial charge in [-0.25, -0.2) is 0 Å². The van der Waals surface area contributed by atoms with E-state index in [1.54, 1.807) is 0 Å². The molecule has 14 heavy (non-hydrogen) atoms. The Labute approximate surface area is 88.7 Å². The fourth-order valence-corrected chi connectivity index (χ4v) is 2.59. The molecule has 2 unspecified atom stereocenters. The highest BCUT2D eigenvalue weighted by Crippen LogP contribution is 2.44. The Hall–Kier alpha value is -0.480. The van der Waals surface area contributed by atoms with Crippen LogP contribution in [0.3, 0.4) is 0 Å². The van der Waals surface area contributed by atoms with Crippen molar-refractivity contribution in [3.63, 3.8) is 0 Å². The minimum absolute atomic E-state index is 0.285. The van der Waals surface area contributed by atoms with Gasteiger partial charge < -0.3 is 5.32 Å². The van der Waals surface area contributed by atoms with Crippen molar-refractivity contribution >= 4 is 0 Å². The maximum absolute atomic E-state index is 5.60. The monoisotopic (exact) mass is 193 g/mol. The van der Waals surface area contributed by atoms with Gasteiger partial charge in [0.1, 0.15) is 0 Å². The maximum atomic E-state index is 5.60. The normalized spacial score (nSPS) is 27.1. The molecule has 1 N–H and O–H groups in total. The van der Waals surface area contributed by atoms with E-state index >= 15 is 0 Å². The number of nitrogens with one attached hydrogen (secondary N) is 1. The van der Waals surface area contributed by atoms with E-state index in [1.807, 2.05) is 0 Å². The van der Waals surface area contributed by atoms with Crippen LogP contribution in [0.25, 0.3) is 0 Å². The average molecular weight is 193 g/mol. The smallest absolute Gasteiger partial charge is 0.0720 e. The minimum Gasteiger partial charge on any atom is -0.303 e. The quantitative estimate of drug-likeness (QED) is 0.677. The molecule has 0 heterocycles. The summed E-state index contributed by atoms with van der Waals surface area (Å²) >= 11 is 0. The van der Waals surface area contributed by atoms with Crippen molar-refractivity contribution in [2.24, 2.45) is 11.3 Å². The summed E-state index contributed by atoms with van der Waals surface area (Å²) in [6.07, 6.45) is 10.7. The first-order chi connectivity index (χ1) is 6.61. The van der Waals surface area contributed by atoms with Crippen LogP contribution in [-0.2, 0) is 0 Å². The highest BCUT2D eigenvalue weighted by Gasteiger charge is 2.38. The Kier molecular flexibility index (Phi) is 4.01. The molecule has 2 atom stereocenters. The maximum Gasteiger partial charge on any atom is 0.0720 e. The van der Waals surface area contributed by atoms with E-state index in [0.29, 0.717) is 11.3 Å². The first-order valence-electron chi connectivity index (χ1n) is 5.81. The molecule has 1 aliphatic carbocycles. The summed E-state index contributed by atoms with van der Waals surface area (Å²) in [5, 5.41) is 3.48. The first kappa shape index (κ1) is 11.6. The van der Waals surface area contributed by atoms with Crippen LogP contribution in [-0.4, -0.2) is 12.6 Å². The summed E-state index contributed by atoms with van der Waals surface area (Å²) in [5.74, 6) is 3.59. The van der Waals surface area contributed by atoms with Gasteiger partial charge in [0.2, 0.25) is 0 Å². The van der Waals surface area contributed by atoms with Gasteiger partial charge in [0.15, 0.2) is 0 Å². The third-order valence-electron chi connectivity index (χ3n) is 3.54. The summed E-state index contributed by atoms with van der Waals surface area (Å²) in [7, 11) is 0. The lowest BCUT2D eigenvalue weighted by molar-refractivity contribution is 0.224. The number of hydrogen-bond acceptors (Lipinski definition) is 1. The van der Waals surface area contributed by atoms with Crippen LogP contribution in [0.15, 0.2) is 0 Å². The minimum atomic E-state index is 0.285. The molecule has 1 nitrogen and oxygen atoms in total. The zero-order valence-electron chi connectivity index (χ0n) is 9.77. The van der Waals surface area contributed by atoms with Gasteiger partial charge >= 0.3 is 0 Å². The van der Waals surface area contributed by atoms with Crippen LogP contribution >= 0.6 is 0 Å². The fraction of sp³-hybridized carbons (Fsp3) is 0.846. The van der Waals surface area contributed by atoms with Gasteiger partial charge in [-0.15, -0.1) is 6.42 Å². The van der Waals surface area contributed by atoms with E-state index < -0.39 is 0 Å². The van der Waals surface area contributed by atoms with Crippen LogP contribution in [0.4, 0.5) is 0 Å². The number of rotatable bonds is 4. The Balaban J connectivity index is 2.56. The zero-order valence-corrected chi connectivity index (χ0v) is 9.77. The predicted octanol–water partition coefficient (Wildman–Crippen LogP) is 2.81. The van der Waals surface area contributed by atoms with Crippen LogP contribution in [0, 0.1) is 23.7 Å². The Bertz CT molecular complexity index is 212. The molecule has 1 rings (SSSR count). The Morgan fingerprint density at radius 3 is 2.71 bits per heavy atom. The molecule has 0 aromatic heterocycles. The molecule has 1 heteroatoms.